The molecule has 3 N–H and O–H groups in total. The average molecular weight is 287 g/mol. The minimum absolute atomic E-state index is 0.0521. The van der Waals surface area contributed by atoms with Crippen LogP contribution in [0.5, 0.6) is 0 Å². The molecule has 3 aliphatic rings. The summed E-state index contributed by atoms with van der Waals surface area (Å²) >= 11 is 0. The van der Waals surface area contributed by atoms with Crippen LogP contribution in [0.25, 0.3) is 0 Å². The number of hydrogen-bond donors (Lipinski definition) is 3. The van der Waals surface area contributed by atoms with Crippen LogP contribution in [0.15, 0.2) is 0 Å². The number of amides is 1. The van der Waals surface area contributed by atoms with Gasteiger partial charge in [0.15, 0.2) is 12.1 Å². The number of carbonyl (C=O) groups is 1. The van der Waals surface area contributed by atoms with Crippen molar-refractivity contribution in [2.75, 3.05) is 6.61 Å². The Kier molecular flexibility index (Phi) is 3.50. The highest BCUT2D eigenvalue weighted by molar-refractivity contribution is 5.81. The number of hydrogen-bond acceptors (Lipinski definition) is 6. The summed E-state index contributed by atoms with van der Waals surface area (Å²) in [6.45, 7) is 3.10. The smallest absolute Gasteiger partial charge is 0.223 e. The van der Waals surface area contributed by atoms with Crippen molar-refractivity contribution in [1.29, 1.82) is 0 Å². The molecule has 3 fully saturated rings. The van der Waals surface area contributed by atoms with Gasteiger partial charge in [-0.2, -0.15) is 0 Å². The second-order valence-corrected chi connectivity index (χ2v) is 6.13. The fraction of sp³-hybridized carbons (Fsp3) is 0.923. The summed E-state index contributed by atoms with van der Waals surface area (Å²) in [6, 6.07) is -0.517. The Morgan fingerprint density at radius 1 is 1.40 bits per heavy atom. The van der Waals surface area contributed by atoms with Crippen LogP contribution in [0.4, 0.5) is 0 Å². The number of fused-ring (bicyclic) bond motifs is 1. The number of aliphatic hydroxyl groups excluding tert-OH is 2. The molecule has 1 amide bonds. The van der Waals surface area contributed by atoms with Gasteiger partial charge in [0.2, 0.25) is 5.91 Å². The van der Waals surface area contributed by atoms with Gasteiger partial charge in [-0.3, -0.25) is 4.79 Å². The van der Waals surface area contributed by atoms with E-state index in [0.717, 1.165) is 12.8 Å². The van der Waals surface area contributed by atoms with Crippen molar-refractivity contribution in [3.8, 4) is 0 Å². The fourth-order valence-corrected chi connectivity index (χ4v) is 2.76. The predicted molar refractivity (Wildman–Crippen MR) is 66.4 cm³/mol. The molecule has 0 aromatic heterocycles. The highest BCUT2D eigenvalue weighted by Crippen LogP contribution is 2.39. The van der Waals surface area contributed by atoms with Crippen LogP contribution in [0, 0.1) is 5.92 Å². The topological polar surface area (TPSA) is 97.3 Å². The Labute approximate surface area is 117 Å². The molecule has 1 aliphatic carbocycles. The maximum Gasteiger partial charge on any atom is 0.223 e. The standard InChI is InChI=1S/C13H21NO6/c1-13(2)19-10-8(14-11(17)6-3-4-6)9(7(16)5-15)18-12(10)20-13/h6-10,12,15-16H,3-5H2,1-2H3,(H,14,17)/t7-,8-,9-,10-,12-/m1/s1. The first-order valence-corrected chi connectivity index (χ1v) is 7.02. The molecule has 0 spiro atoms. The maximum atomic E-state index is 12.0. The molecule has 2 heterocycles. The van der Waals surface area contributed by atoms with Crippen LogP contribution >= 0.6 is 0 Å². The van der Waals surface area contributed by atoms with Crippen LogP contribution in [0.1, 0.15) is 26.7 Å². The van der Waals surface area contributed by atoms with Crippen molar-refractivity contribution in [3.05, 3.63) is 0 Å². The second-order valence-electron chi connectivity index (χ2n) is 6.13. The zero-order chi connectivity index (χ0) is 14.5. The lowest BCUT2D eigenvalue weighted by Gasteiger charge is -2.28. The van der Waals surface area contributed by atoms with Crippen LogP contribution < -0.4 is 5.32 Å². The Bertz CT molecular complexity index is 396. The average Bonchev–Trinajstić information content (AvgIpc) is 3.12. The van der Waals surface area contributed by atoms with Crippen LogP contribution in [0.3, 0.4) is 0 Å². The highest BCUT2D eigenvalue weighted by Gasteiger charge is 2.57. The summed E-state index contributed by atoms with van der Waals surface area (Å²) in [7, 11) is 0. The molecule has 2 aliphatic heterocycles. The van der Waals surface area contributed by atoms with E-state index in [1.54, 1.807) is 13.8 Å². The number of rotatable bonds is 4. The van der Waals surface area contributed by atoms with Gasteiger partial charge in [0.25, 0.3) is 0 Å². The molecular weight excluding hydrogens is 266 g/mol. The molecular formula is C13H21NO6. The lowest BCUT2D eigenvalue weighted by atomic mass is 10.0. The van der Waals surface area contributed by atoms with Crippen LogP contribution in [-0.2, 0) is 19.0 Å². The molecule has 0 unspecified atom stereocenters. The first-order valence-electron chi connectivity index (χ1n) is 7.02. The molecule has 1 saturated carbocycles. The van der Waals surface area contributed by atoms with E-state index in [0.29, 0.717) is 0 Å². The molecule has 0 aromatic rings. The number of nitrogens with one attached hydrogen (secondary N) is 1. The first-order chi connectivity index (χ1) is 9.41. The van der Waals surface area contributed by atoms with Crippen molar-refractivity contribution in [2.45, 2.75) is 63.1 Å². The van der Waals surface area contributed by atoms with Gasteiger partial charge in [0.05, 0.1) is 12.6 Å². The molecule has 0 bridgehead atoms. The molecule has 0 aromatic carbocycles. The number of carbonyl (C=O) groups excluding carboxylic acids is 1. The SMILES string of the molecule is CC1(C)O[C@H]2O[C@H]([C@H](O)CO)[C@@H](NC(=O)C3CC3)[C@H]2O1. The molecule has 3 rings (SSSR count). The minimum atomic E-state index is -1.08. The molecule has 2 saturated heterocycles. The Hall–Kier alpha value is -0.730. The molecule has 20 heavy (non-hydrogen) atoms. The first kappa shape index (κ1) is 14.2. The van der Waals surface area contributed by atoms with E-state index >= 15 is 0 Å². The maximum absolute atomic E-state index is 12.0. The lowest BCUT2D eigenvalue weighted by Crippen LogP contribution is -2.52. The largest absolute Gasteiger partial charge is 0.394 e. The third kappa shape index (κ3) is 2.56. The molecule has 7 nitrogen and oxygen atoms in total. The van der Waals surface area contributed by atoms with E-state index in [2.05, 4.69) is 5.32 Å². The number of ether oxygens (including phenoxy) is 3. The second kappa shape index (κ2) is 4.92. The Morgan fingerprint density at radius 2 is 2.10 bits per heavy atom. The molecule has 7 heteroatoms. The van der Waals surface area contributed by atoms with E-state index in [9.17, 15) is 9.90 Å². The minimum Gasteiger partial charge on any atom is -0.394 e. The molecule has 114 valence electrons. The fourth-order valence-electron chi connectivity index (χ4n) is 2.76. The van der Waals surface area contributed by atoms with Gasteiger partial charge >= 0.3 is 0 Å². The zero-order valence-electron chi connectivity index (χ0n) is 11.6. The van der Waals surface area contributed by atoms with Crippen LogP contribution in [0.2, 0.25) is 0 Å². The van der Waals surface area contributed by atoms with Crippen molar-refractivity contribution >= 4 is 5.91 Å². The van der Waals surface area contributed by atoms with Crippen LogP contribution in [-0.4, -0.2) is 59.2 Å². The summed E-state index contributed by atoms with van der Waals surface area (Å²) in [5.74, 6) is -0.786. The Balaban J connectivity index is 1.74. The third-order valence-corrected chi connectivity index (χ3v) is 3.91. The van der Waals surface area contributed by atoms with Gasteiger partial charge in [-0.25, -0.2) is 0 Å². The molecule has 5 atom stereocenters. The van der Waals surface area contributed by atoms with Crippen molar-refractivity contribution in [1.82, 2.24) is 5.32 Å². The summed E-state index contributed by atoms with van der Waals surface area (Å²) in [6.07, 6.45) is -1.14. The summed E-state index contributed by atoms with van der Waals surface area (Å²) in [5, 5.41) is 21.8. The van der Waals surface area contributed by atoms with E-state index in [1.807, 2.05) is 0 Å². The van der Waals surface area contributed by atoms with Gasteiger partial charge in [0, 0.05) is 5.92 Å². The lowest BCUT2D eigenvalue weighted by molar-refractivity contribution is -0.218. The van der Waals surface area contributed by atoms with E-state index in [1.165, 1.54) is 0 Å². The summed E-state index contributed by atoms with van der Waals surface area (Å²) in [4.78, 5) is 12.0. The monoisotopic (exact) mass is 287 g/mol. The van der Waals surface area contributed by atoms with Crippen molar-refractivity contribution in [3.63, 3.8) is 0 Å². The third-order valence-electron chi connectivity index (χ3n) is 3.91. The van der Waals surface area contributed by atoms with Gasteiger partial charge in [0.1, 0.15) is 18.3 Å². The number of aliphatic hydroxyl groups is 2. The van der Waals surface area contributed by atoms with E-state index in [4.69, 9.17) is 19.3 Å². The van der Waals surface area contributed by atoms with Gasteiger partial charge in [-0.1, -0.05) is 0 Å². The Morgan fingerprint density at radius 3 is 2.70 bits per heavy atom. The molecule has 0 radical (unpaired) electrons. The summed E-state index contributed by atoms with van der Waals surface area (Å²) in [5.41, 5.74) is 0. The van der Waals surface area contributed by atoms with Gasteiger partial charge in [-0.15, -0.1) is 0 Å². The van der Waals surface area contributed by atoms with Gasteiger partial charge in [-0.05, 0) is 26.7 Å². The van der Waals surface area contributed by atoms with Gasteiger partial charge < -0.3 is 29.7 Å². The quantitative estimate of drug-likeness (QED) is 0.621. The zero-order valence-corrected chi connectivity index (χ0v) is 11.6. The van der Waals surface area contributed by atoms with E-state index in [-0.39, 0.29) is 11.8 Å². The van der Waals surface area contributed by atoms with Crippen molar-refractivity contribution < 1.29 is 29.2 Å². The predicted octanol–water partition coefficient (Wildman–Crippen LogP) is -0.889. The normalized spacial score (nSPS) is 40.4. The summed E-state index contributed by atoms with van der Waals surface area (Å²) < 4.78 is 17.0. The van der Waals surface area contributed by atoms with Crippen molar-refractivity contribution in [2.24, 2.45) is 5.92 Å². The highest BCUT2D eigenvalue weighted by atomic mass is 16.8. The van der Waals surface area contributed by atoms with E-state index < -0.39 is 43.0 Å².